The molecular weight excluding hydrogens is 102 g/mol. The normalized spacial score (nSPS) is 2.75. The van der Waals surface area contributed by atoms with E-state index in [2.05, 4.69) is 5.73 Å². The largest absolute Gasteiger partial charge is 0.333 e. The number of hydrogen-bond acceptors (Lipinski definition) is 3. The van der Waals surface area contributed by atoms with Crippen molar-refractivity contribution < 1.29 is 0 Å². The van der Waals surface area contributed by atoms with E-state index in [1.54, 1.807) is 12.1 Å². The molecule has 3 nitrogen and oxygen atoms in total. The molecular formula is C5H11N3. The van der Waals surface area contributed by atoms with Crippen molar-refractivity contribution in [3.05, 3.63) is 0 Å². The van der Waals surface area contributed by atoms with Crippen molar-refractivity contribution in [3.63, 3.8) is 0 Å². The highest BCUT2D eigenvalue weighted by Gasteiger charge is 1.18. The topological polar surface area (TPSA) is 73.6 Å². The van der Waals surface area contributed by atoms with Crippen molar-refractivity contribution in [2.75, 3.05) is 7.05 Å². The predicted molar refractivity (Wildman–Crippen MR) is 32.7 cm³/mol. The molecule has 0 aliphatic carbocycles. The van der Waals surface area contributed by atoms with Gasteiger partial charge in [0.2, 0.25) is 0 Å². The molecule has 0 saturated carbocycles. The van der Waals surface area contributed by atoms with Gasteiger partial charge in [0, 0.05) is 13.8 Å². The van der Waals surface area contributed by atoms with E-state index in [1.165, 1.54) is 20.9 Å². The third-order valence-corrected chi connectivity index (χ3v) is 0. The van der Waals surface area contributed by atoms with Crippen LogP contribution in [0.1, 0.15) is 13.8 Å². The van der Waals surface area contributed by atoms with E-state index >= 15 is 0 Å². The molecule has 0 aromatic rings. The molecule has 0 heterocycles. The van der Waals surface area contributed by atoms with Gasteiger partial charge in [-0.3, -0.25) is 0 Å². The van der Waals surface area contributed by atoms with Crippen LogP contribution in [0.25, 0.3) is 0 Å². The summed E-state index contributed by atoms with van der Waals surface area (Å²) < 4.78 is 0. The Labute approximate surface area is 50.3 Å². The standard InChI is InChI=1S/2C2H3N.CH5N/c2*1-2-3;1-2/h2*1H3;2H2,1H3. The van der Waals surface area contributed by atoms with Crippen molar-refractivity contribution in [2.24, 2.45) is 5.73 Å². The van der Waals surface area contributed by atoms with Gasteiger partial charge in [-0.25, -0.2) is 0 Å². The number of hydrogen-bond donors (Lipinski definition) is 1. The van der Waals surface area contributed by atoms with E-state index in [9.17, 15) is 0 Å². The molecule has 0 atom stereocenters. The first-order valence-corrected chi connectivity index (χ1v) is 2.02. The summed E-state index contributed by atoms with van der Waals surface area (Å²) in [5, 5.41) is 14.6. The second kappa shape index (κ2) is 164. The maximum absolute atomic E-state index is 7.32. The maximum atomic E-state index is 7.32. The summed E-state index contributed by atoms with van der Waals surface area (Å²) in [5.41, 5.74) is 4.50. The smallest absolute Gasteiger partial charge is 0.0587 e. The first-order chi connectivity index (χ1) is 3.83. The fraction of sp³-hybridized carbons (Fsp3) is 0.600. The molecule has 0 amide bonds. The van der Waals surface area contributed by atoms with Crippen molar-refractivity contribution in [1.82, 2.24) is 0 Å². The van der Waals surface area contributed by atoms with Crippen LogP contribution in [-0.2, 0) is 0 Å². The Balaban J connectivity index is -0.0000000483. The van der Waals surface area contributed by atoms with E-state index in [4.69, 9.17) is 10.5 Å². The highest BCUT2D eigenvalue weighted by Crippen LogP contribution is 1.22. The quantitative estimate of drug-likeness (QED) is 0.500. The Morgan fingerprint density at radius 3 is 1.00 bits per heavy atom. The summed E-state index contributed by atoms with van der Waals surface area (Å²) in [6.45, 7) is 2.86. The minimum Gasteiger partial charge on any atom is -0.333 e. The van der Waals surface area contributed by atoms with Gasteiger partial charge >= 0.3 is 0 Å². The fourth-order valence-corrected chi connectivity index (χ4v) is 0. The minimum absolute atomic E-state index is 1.43. The summed E-state index contributed by atoms with van der Waals surface area (Å²) in [6.07, 6.45) is 0. The van der Waals surface area contributed by atoms with E-state index in [-0.39, 0.29) is 0 Å². The highest BCUT2D eigenvalue weighted by atomic mass is 14.4. The van der Waals surface area contributed by atoms with Crippen LogP contribution < -0.4 is 5.73 Å². The van der Waals surface area contributed by atoms with Crippen LogP contribution >= 0.6 is 0 Å². The van der Waals surface area contributed by atoms with Gasteiger partial charge in [-0.1, -0.05) is 0 Å². The third-order valence-electron chi connectivity index (χ3n) is 0. The van der Waals surface area contributed by atoms with Crippen LogP contribution in [0.15, 0.2) is 0 Å². The molecule has 0 saturated heterocycles. The lowest BCUT2D eigenvalue weighted by Gasteiger charge is -1.19. The van der Waals surface area contributed by atoms with E-state index in [1.807, 2.05) is 0 Å². The van der Waals surface area contributed by atoms with Crippen LogP contribution in [0, 0.1) is 22.7 Å². The SMILES string of the molecule is CC#N.CC#N.CN. The van der Waals surface area contributed by atoms with Gasteiger partial charge in [-0.05, 0) is 7.05 Å². The van der Waals surface area contributed by atoms with E-state index < -0.39 is 0 Å². The Hall–Kier alpha value is -1.06. The van der Waals surface area contributed by atoms with Crippen LogP contribution in [-0.4, -0.2) is 7.05 Å². The summed E-state index contributed by atoms with van der Waals surface area (Å²) in [5.74, 6) is 0. The van der Waals surface area contributed by atoms with Gasteiger partial charge in [0.25, 0.3) is 0 Å². The van der Waals surface area contributed by atoms with Gasteiger partial charge < -0.3 is 5.73 Å². The Morgan fingerprint density at radius 2 is 1.00 bits per heavy atom. The molecule has 8 heavy (non-hydrogen) atoms. The monoisotopic (exact) mass is 113 g/mol. The molecule has 2 N–H and O–H groups in total. The van der Waals surface area contributed by atoms with Crippen LogP contribution in [0.2, 0.25) is 0 Å². The molecule has 0 aromatic heterocycles. The zero-order valence-electron chi connectivity index (χ0n) is 5.47. The Morgan fingerprint density at radius 1 is 1.00 bits per heavy atom. The van der Waals surface area contributed by atoms with Gasteiger partial charge in [-0.2, -0.15) is 10.5 Å². The first kappa shape index (κ1) is 15.8. The first-order valence-electron chi connectivity index (χ1n) is 2.02. The summed E-state index contributed by atoms with van der Waals surface area (Å²) >= 11 is 0. The molecule has 3 heteroatoms. The van der Waals surface area contributed by atoms with Crippen molar-refractivity contribution >= 4 is 0 Å². The van der Waals surface area contributed by atoms with Gasteiger partial charge in [0.15, 0.2) is 0 Å². The number of nitriles is 2. The van der Waals surface area contributed by atoms with Crippen molar-refractivity contribution in [3.8, 4) is 12.1 Å². The van der Waals surface area contributed by atoms with E-state index in [0.29, 0.717) is 0 Å². The molecule has 0 unspecified atom stereocenters. The van der Waals surface area contributed by atoms with Gasteiger partial charge in [-0.15, -0.1) is 0 Å². The second-order valence-electron chi connectivity index (χ2n) is 0.447. The lowest BCUT2D eigenvalue weighted by Crippen LogP contribution is -1.69. The fourth-order valence-electron chi connectivity index (χ4n) is 0. The Bertz CT molecular complexity index is 62.7. The van der Waals surface area contributed by atoms with Crippen molar-refractivity contribution in [1.29, 1.82) is 10.5 Å². The number of nitrogens with two attached hydrogens (primary N) is 1. The average Bonchev–Trinajstić information content (AvgIpc) is 1.75. The second-order valence-corrected chi connectivity index (χ2v) is 0.447. The van der Waals surface area contributed by atoms with Crippen LogP contribution in [0.5, 0.6) is 0 Å². The minimum atomic E-state index is 1.43. The van der Waals surface area contributed by atoms with Crippen LogP contribution in [0.4, 0.5) is 0 Å². The molecule has 0 aromatic carbocycles. The zero-order chi connectivity index (χ0) is 7.41. The van der Waals surface area contributed by atoms with E-state index in [0.717, 1.165) is 0 Å². The molecule has 0 aliphatic heterocycles. The molecule has 0 aliphatic rings. The predicted octanol–water partition coefficient (Wildman–Crippen LogP) is 0.635. The molecule has 0 rings (SSSR count). The highest BCUT2D eigenvalue weighted by molar-refractivity contribution is 4.51. The molecule has 0 fully saturated rings. The van der Waals surface area contributed by atoms with Crippen molar-refractivity contribution in [2.45, 2.75) is 13.8 Å². The summed E-state index contributed by atoms with van der Waals surface area (Å²) in [7, 11) is 1.50. The van der Waals surface area contributed by atoms with Crippen LogP contribution in [0.3, 0.4) is 0 Å². The lowest BCUT2D eigenvalue weighted by molar-refractivity contribution is 1.48. The molecule has 46 valence electrons. The third kappa shape index (κ3) is 68.3. The summed E-state index contributed by atoms with van der Waals surface area (Å²) in [6, 6.07) is 3.50. The lowest BCUT2D eigenvalue weighted by atomic mass is 11.0. The number of nitrogens with zero attached hydrogens (tertiary/aromatic N) is 2. The number of rotatable bonds is 0. The molecule has 0 spiro atoms. The van der Waals surface area contributed by atoms with Gasteiger partial charge in [0.1, 0.15) is 0 Å². The van der Waals surface area contributed by atoms with Gasteiger partial charge in [0.05, 0.1) is 12.1 Å². The average molecular weight is 113 g/mol. The molecule has 0 bridgehead atoms. The Kier molecular flexibility index (Phi) is 323. The molecule has 0 radical (unpaired) electrons. The maximum Gasteiger partial charge on any atom is 0.0587 e. The summed E-state index contributed by atoms with van der Waals surface area (Å²) in [4.78, 5) is 0. The zero-order valence-corrected chi connectivity index (χ0v) is 5.47.